The second kappa shape index (κ2) is 4.44. The maximum Gasteiger partial charge on any atom is 0.139 e. The number of Topliss-reactive ketones (excluding diaryl/α,β-unsaturated/α-hetero) is 1. The van der Waals surface area contributed by atoms with Crippen molar-refractivity contribution in [2.45, 2.75) is 64.9 Å². The fourth-order valence-corrected chi connectivity index (χ4v) is 6.56. The molecule has 4 aliphatic carbocycles. The van der Waals surface area contributed by atoms with E-state index in [0.29, 0.717) is 17.6 Å². The Morgan fingerprint density at radius 2 is 1.95 bits per heavy atom. The van der Waals surface area contributed by atoms with Crippen LogP contribution >= 0.6 is 0 Å². The third-order valence-corrected chi connectivity index (χ3v) is 7.88. The van der Waals surface area contributed by atoms with Gasteiger partial charge in [0.25, 0.3) is 0 Å². The second-order valence-electron chi connectivity index (χ2n) is 8.60. The van der Waals surface area contributed by atoms with Gasteiger partial charge in [0.1, 0.15) is 5.78 Å². The summed E-state index contributed by atoms with van der Waals surface area (Å²) in [5.74, 6) is 3.26. The number of aliphatic hydroxyl groups is 1. The van der Waals surface area contributed by atoms with Crippen LogP contribution in [-0.4, -0.2) is 17.0 Å². The molecule has 0 aliphatic heterocycles. The number of hydrogen-bond acceptors (Lipinski definition) is 2. The minimum absolute atomic E-state index is 0.0116. The Kier molecular flexibility index (Phi) is 2.96. The zero-order chi connectivity index (χ0) is 14.8. The minimum Gasteiger partial charge on any atom is -0.389 e. The fraction of sp³-hybridized carbons (Fsp3) is 0.842. The largest absolute Gasteiger partial charge is 0.389 e. The summed E-state index contributed by atoms with van der Waals surface area (Å²) in [6.45, 7) is 4.68. The second-order valence-corrected chi connectivity index (χ2v) is 8.60. The van der Waals surface area contributed by atoms with E-state index in [4.69, 9.17) is 0 Å². The van der Waals surface area contributed by atoms with Crippen molar-refractivity contribution in [1.29, 1.82) is 0 Å². The zero-order valence-corrected chi connectivity index (χ0v) is 13.3. The number of hydrogen-bond donors (Lipinski definition) is 1. The van der Waals surface area contributed by atoms with Crippen LogP contribution in [0.5, 0.6) is 0 Å². The summed E-state index contributed by atoms with van der Waals surface area (Å²) < 4.78 is 0. The van der Waals surface area contributed by atoms with E-state index in [1.54, 1.807) is 0 Å². The van der Waals surface area contributed by atoms with E-state index in [-0.39, 0.29) is 16.9 Å². The Morgan fingerprint density at radius 1 is 1.14 bits per heavy atom. The van der Waals surface area contributed by atoms with Crippen molar-refractivity contribution >= 4 is 5.78 Å². The topological polar surface area (TPSA) is 37.3 Å². The van der Waals surface area contributed by atoms with Crippen LogP contribution in [0.2, 0.25) is 0 Å². The Labute approximate surface area is 128 Å². The molecule has 0 heterocycles. The summed E-state index contributed by atoms with van der Waals surface area (Å²) in [5.41, 5.74) is 0.247. The summed E-state index contributed by atoms with van der Waals surface area (Å²) in [6, 6.07) is 0. The van der Waals surface area contributed by atoms with E-state index in [9.17, 15) is 9.90 Å². The molecule has 7 atom stereocenters. The maximum absolute atomic E-state index is 12.4. The van der Waals surface area contributed by atoms with E-state index >= 15 is 0 Å². The normalized spacial score (nSPS) is 55.8. The van der Waals surface area contributed by atoms with Crippen molar-refractivity contribution in [3.8, 4) is 0 Å². The molecule has 0 aromatic carbocycles. The van der Waals surface area contributed by atoms with Gasteiger partial charge in [-0.1, -0.05) is 26.0 Å². The highest BCUT2D eigenvalue weighted by Crippen LogP contribution is 2.64. The van der Waals surface area contributed by atoms with Crippen molar-refractivity contribution in [3.63, 3.8) is 0 Å². The molecule has 0 aromatic heterocycles. The molecular formula is C19H28O2. The van der Waals surface area contributed by atoms with Crippen LogP contribution in [0.4, 0.5) is 0 Å². The molecule has 0 bridgehead atoms. The first-order valence-corrected chi connectivity index (χ1v) is 8.86. The summed E-state index contributed by atoms with van der Waals surface area (Å²) in [4.78, 5) is 12.4. The summed E-state index contributed by atoms with van der Waals surface area (Å²) in [7, 11) is 0. The first kappa shape index (κ1) is 14.0. The lowest BCUT2D eigenvalue weighted by Crippen LogP contribution is -2.52. The molecule has 4 aliphatic rings. The number of ketones is 1. The third-order valence-electron chi connectivity index (χ3n) is 7.88. The van der Waals surface area contributed by atoms with Gasteiger partial charge in [-0.05, 0) is 67.6 Å². The zero-order valence-electron chi connectivity index (χ0n) is 13.3. The van der Waals surface area contributed by atoms with Crippen LogP contribution in [0.3, 0.4) is 0 Å². The smallest absolute Gasteiger partial charge is 0.139 e. The molecule has 0 radical (unpaired) electrons. The summed E-state index contributed by atoms with van der Waals surface area (Å²) >= 11 is 0. The molecule has 21 heavy (non-hydrogen) atoms. The van der Waals surface area contributed by atoms with Gasteiger partial charge in [-0.25, -0.2) is 0 Å². The van der Waals surface area contributed by atoms with Crippen molar-refractivity contribution in [1.82, 2.24) is 0 Å². The molecule has 3 saturated carbocycles. The Hall–Kier alpha value is -0.630. The van der Waals surface area contributed by atoms with E-state index in [1.165, 1.54) is 19.3 Å². The molecule has 2 nitrogen and oxygen atoms in total. The van der Waals surface area contributed by atoms with Crippen LogP contribution in [0, 0.1) is 34.5 Å². The highest BCUT2D eigenvalue weighted by Gasteiger charge is 2.59. The maximum atomic E-state index is 12.4. The number of carbonyl (C=O) groups excluding carboxylic acids is 1. The molecule has 0 saturated heterocycles. The predicted molar refractivity (Wildman–Crippen MR) is 82.6 cm³/mol. The van der Waals surface area contributed by atoms with E-state index in [2.05, 4.69) is 19.9 Å². The van der Waals surface area contributed by atoms with Crippen molar-refractivity contribution in [2.24, 2.45) is 34.5 Å². The van der Waals surface area contributed by atoms with Gasteiger partial charge >= 0.3 is 0 Å². The number of rotatable bonds is 0. The number of aliphatic hydroxyl groups excluding tert-OH is 1. The first-order valence-electron chi connectivity index (χ1n) is 8.86. The molecule has 2 heteroatoms. The molecule has 4 rings (SSSR count). The average molecular weight is 288 g/mol. The predicted octanol–water partition coefficient (Wildman–Crippen LogP) is 3.74. The lowest BCUT2D eigenvalue weighted by Gasteiger charge is -2.58. The van der Waals surface area contributed by atoms with E-state index < -0.39 is 0 Å². The first-order chi connectivity index (χ1) is 9.95. The van der Waals surface area contributed by atoms with Crippen LogP contribution in [0.1, 0.15) is 58.8 Å². The standard InChI is InChI=1S/C19H28O2/c1-18-9-7-13(20)11-12(18)3-4-14-15-5-6-17(21)19(15,2)10-8-16(14)18/h7,9,12-16,20H,3-6,8,10-11H2,1-2H3/t12?,13-,14-,15-,16-,18-,19-/m0/s1. The van der Waals surface area contributed by atoms with Crippen molar-refractivity contribution in [3.05, 3.63) is 12.2 Å². The Balaban J connectivity index is 1.68. The van der Waals surface area contributed by atoms with Crippen molar-refractivity contribution in [2.75, 3.05) is 0 Å². The highest BCUT2D eigenvalue weighted by molar-refractivity contribution is 5.87. The molecule has 3 fully saturated rings. The van der Waals surface area contributed by atoms with Gasteiger partial charge < -0.3 is 5.11 Å². The average Bonchev–Trinajstić information content (AvgIpc) is 2.76. The molecule has 0 aromatic rings. The van der Waals surface area contributed by atoms with E-state index in [0.717, 1.165) is 37.5 Å². The minimum atomic E-state index is -0.235. The monoisotopic (exact) mass is 288 g/mol. The van der Waals surface area contributed by atoms with Crippen LogP contribution in [0.25, 0.3) is 0 Å². The Morgan fingerprint density at radius 3 is 2.76 bits per heavy atom. The van der Waals surface area contributed by atoms with Crippen LogP contribution < -0.4 is 0 Å². The van der Waals surface area contributed by atoms with E-state index in [1.807, 2.05) is 6.08 Å². The molecular weight excluding hydrogens is 260 g/mol. The third kappa shape index (κ3) is 1.78. The molecule has 116 valence electrons. The van der Waals surface area contributed by atoms with Crippen LogP contribution in [0.15, 0.2) is 12.2 Å². The van der Waals surface area contributed by atoms with Gasteiger partial charge in [-0.15, -0.1) is 0 Å². The quantitative estimate of drug-likeness (QED) is 0.690. The van der Waals surface area contributed by atoms with Gasteiger partial charge in [-0.3, -0.25) is 4.79 Å². The number of carbonyl (C=O) groups is 1. The van der Waals surface area contributed by atoms with Gasteiger partial charge in [-0.2, -0.15) is 0 Å². The van der Waals surface area contributed by atoms with Crippen LogP contribution in [-0.2, 0) is 4.79 Å². The summed E-state index contributed by atoms with van der Waals surface area (Å²) in [5, 5.41) is 9.95. The SMILES string of the molecule is C[C@]12C=C[C@H](O)CC1CC[C@@H]1[C@@H]2CC[C@]2(C)C(=O)CC[C@@H]12. The molecule has 0 spiro atoms. The van der Waals surface area contributed by atoms with Gasteiger partial charge in [0.15, 0.2) is 0 Å². The van der Waals surface area contributed by atoms with Gasteiger partial charge in [0, 0.05) is 11.8 Å². The van der Waals surface area contributed by atoms with Gasteiger partial charge in [0.2, 0.25) is 0 Å². The lowest BCUT2D eigenvalue weighted by molar-refractivity contribution is -0.134. The highest BCUT2D eigenvalue weighted by atomic mass is 16.3. The van der Waals surface area contributed by atoms with Gasteiger partial charge in [0.05, 0.1) is 6.10 Å². The lowest BCUT2D eigenvalue weighted by atomic mass is 9.46. The number of allylic oxidation sites excluding steroid dienone is 1. The number of fused-ring (bicyclic) bond motifs is 5. The fourth-order valence-electron chi connectivity index (χ4n) is 6.56. The molecule has 1 N–H and O–H groups in total. The van der Waals surface area contributed by atoms with Crippen molar-refractivity contribution < 1.29 is 9.90 Å². The molecule has 0 amide bonds. The summed E-state index contributed by atoms with van der Waals surface area (Å²) in [6.07, 6.45) is 11.8. The molecule has 1 unspecified atom stereocenters. The Bertz CT molecular complexity index is 496.